The van der Waals surface area contributed by atoms with Crippen LogP contribution in [0.15, 0.2) is 0 Å². The minimum Gasteiger partial charge on any atom is -0.759 e. The first-order valence-corrected chi connectivity index (χ1v) is 4.00. The molecule has 8 nitrogen and oxygen atoms in total. The van der Waals surface area contributed by atoms with Crippen LogP contribution < -0.4 is 103 Å². The second kappa shape index (κ2) is 13.6. The predicted molar refractivity (Wildman–Crippen MR) is 20.9 cm³/mol. The van der Waals surface area contributed by atoms with Crippen molar-refractivity contribution in [3.05, 3.63) is 0 Å². The molecule has 0 heterocycles. The third-order valence-electron chi connectivity index (χ3n) is 0. The van der Waals surface area contributed by atoms with E-state index in [9.17, 15) is 0 Å². The van der Waals surface area contributed by atoms with Crippen molar-refractivity contribution < 1.29 is 155 Å². The largest absolute Gasteiger partial charge is 1.00 e. The second-order valence-electron chi connectivity index (χ2n) is 0.816. The molecule has 0 bridgehead atoms. The molecule has 0 aromatic heterocycles. The summed E-state index contributed by atoms with van der Waals surface area (Å²) in [4.78, 5) is 0. The fourth-order valence-electron chi connectivity index (χ4n) is 0. The van der Waals surface area contributed by atoms with Crippen LogP contribution >= 0.6 is 0 Å². The van der Waals surface area contributed by atoms with Crippen LogP contribution in [0.3, 0.4) is 0 Å². The van der Waals surface area contributed by atoms with Crippen LogP contribution in [0.5, 0.6) is 0 Å². The van der Waals surface area contributed by atoms with E-state index in [1.165, 1.54) is 0 Å². The fourth-order valence-corrected chi connectivity index (χ4v) is 0. The molecule has 0 aliphatic heterocycles. The molecule has 0 aromatic rings. The molecule has 0 aliphatic rings. The van der Waals surface area contributed by atoms with Crippen LogP contribution in [0, 0.1) is 0 Å². The van der Waals surface area contributed by atoms with Gasteiger partial charge in [0.2, 0.25) is 0 Å². The van der Waals surface area contributed by atoms with Crippen molar-refractivity contribution in [2.45, 2.75) is 0 Å². The Morgan fingerprint density at radius 2 is 0.615 bits per heavy atom. The Morgan fingerprint density at radius 3 is 0.615 bits per heavy atom. The first-order valence-electron chi connectivity index (χ1n) is 1.33. The van der Waals surface area contributed by atoms with E-state index in [-0.39, 0.29) is 120 Å². The zero-order chi connectivity index (χ0) is 9.00. The molecule has 0 unspecified atom stereocenters. The van der Waals surface area contributed by atoms with E-state index in [0.717, 1.165) is 0 Å². The van der Waals surface area contributed by atoms with Gasteiger partial charge in [-0.1, -0.05) is 0 Å². The molecule has 13 heavy (non-hydrogen) atoms. The zero-order valence-corrected chi connectivity index (χ0v) is 15.5. The summed E-state index contributed by atoms with van der Waals surface area (Å²) in [6.45, 7) is 0. The van der Waals surface area contributed by atoms with E-state index < -0.39 is 20.8 Å². The van der Waals surface area contributed by atoms with Gasteiger partial charge in [-0.15, -0.1) is 0 Å². The van der Waals surface area contributed by atoms with Crippen molar-refractivity contribution in [3.8, 4) is 0 Å². The maximum atomic E-state index is 8.52. The minimum atomic E-state index is -5.17. The summed E-state index contributed by atoms with van der Waals surface area (Å²) in [6.07, 6.45) is 0. The Kier molecular flexibility index (Phi) is 31.4. The molecule has 1 radical (unpaired) electrons. The average molecular weight is 325 g/mol. The first kappa shape index (κ1) is 30.0. The van der Waals surface area contributed by atoms with Gasteiger partial charge in [0.1, 0.15) is 0 Å². The molecular weight excluding hydrogens is 325 g/mol. The monoisotopic (exact) mass is 325 g/mol. The third-order valence-corrected chi connectivity index (χ3v) is 0. The molecule has 71 valence electrons. The molecule has 0 fully saturated rings. The van der Waals surface area contributed by atoms with Gasteiger partial charge in [-0.2, -0.15) is 0 Å². The summed E-state index contributed by atoms with van der Waals surface area (Å²) < 4.78 is 68.2. The quantitative estimate of drug-likeness (QED) is 0.241. The Hall–Kier alpha value is 3.53. The maximum Gasteiger partial charge on any atom is 1.00 e. The van der Waals surface area contributed by atoms with Gasteiger partial charge < -0.3 is 18.2 Å². The van der Waals surface area contributed by atoms with Gasteiger partial charge in [-0.05, 0) is 0 Å². The van der Waals surface area contributed by atoms with Gasteiger partial charge in [0.15, 0.2) is 0 Å². The summed E-state index contributed by atoms with van der Waals surface area (Å²) in [7, 11) is -10.3. The van der Waals surface area contributed by atoms with Crippen molar-refractivity contribution in [1.29, 1.82) is 0 Å². The van der Waals surface area contributed by atoms with Gasteiger partial charge in [0, 0.05) is 37.9 Å². The molecule has 0 aliphatic carbocycles. The Labute approximate surface area is 171 Å². The molecule has 0 spiro atoms. The number of rotatable bonds is 0. The van der Waals surface area contributed by atoms with E-state index >= 15 is 0 Å². The minimum absolute atomic E-state index is 0. The maximum absolute atomic E-state index is 8.52. The summed E-state index contributed by atoms with van der Waals surface area (Å²) in [5, 5.41) is 0. The summed E-state index contributed by atoms with van der Waals surface area (Å²) in [6, 6.07) is 0. The van der Waals surface area contributed by atoms with E-state index in [1.807, 2.05) is 0 Å². The topological polar surface area (TPSA) is 161 Å². The van der Waals surface area contributed by atoms with Crippen LogP contribution in [0.1, 0.15) is 0 Å². The molecule has 0 aromatic carbocycles. The van der Waals surface area contributed by atoms with Crippen LogP contribution in [-0.4, -0.2) is 35.0 Å². The standard InChI is InChI=1S/2K.Mn.2H2O4S/c;;;2*1-5(2,3)4/h;;;2*(H2,1,2,3,4)/q2*+1;;;/p-4. The number of hydrogen-bond donors (Lipinski definition) is 0. The molecule has 0 saturated carbocycles. The molecule has 0 N–H and O–H groups in total. The van der Waals surface area contributed by atoms with Gasteiger partial charge in [-0.3, -0.25) is 16.8 Å². The predicted octanol–water partition coefficient (Wildman–Crippen LogP) is -8.67. The Bertz CT molecular complexity index is 217. The molecule has 0 saturated heterocycles. The number of hydrogen-bond acceptors (Lipinski definition) is 8. The normalized spacial score (nSPS) is 8.92. The SMILES string of the molecule is O=S(=O)([O-])[O-].O=S(=O)([O-])[O-].[K+].[K+].[Mn]. The molecular formula is K2MnO8S2-2. The molecule has 0 amide bonds. The smallest absolute Gasteiger partial charge is 0.759 e. The van der Waals surface area contributed by atoms with Crippen molar-refractivity contribution in [1.82, 2.24) is 0 Å². The van der Waals surface area contributed by atoms with E-state index in [0.29, 0.717) is 0 Å². The van der Waals surface area contributed by atoms with Gasteiger partial charge >= 0.3 is 103 Å². The van der Waals surface area contributed by atoms with Crippen LogP contribution in [-0.2, 0) is 37.9 Å². The van der Waals surface area contributed by atoms with Gasteiger partial charge in [-0.25, -0.2) is 0 Å². The second-order valence-corrected chi connectivity index (χ2v) is 2.45. The zero-order valence-electron chi connectivity index (χ0n) is 6.46. The van der Waals surface area contributed by atoms with Crippen molar-refractivity contribution in [2.75, 3.05) is 0 Å². The summed E-state index contributed by atoms with van der Waals surface area (Å²) >= 11 is 0. The van der Waals surface area contributed by atoms with Gasteiger partial charge in [0.25, 0.3) is 0 Å². The molecule has 13 heteroatoms. The molecule has 0 atom stereocenters. The summed E-state index contributed by atoms with van der Waals surface area (Å²) in [5.74, 6) is 0. The Morgan fingerprint density at radius 1 is 0.615 bits per heavy atom. The van der Waals surface area contributed by atoms with E-state index in [2.05, 4.69) is 0 Å². The van der Waals surface area contributed by atoms with E-state index in [4.69, 9.17) is 35.0 Å². The first-order chi connectivity index (χ1) is 4.00. The molecule has 0 rings (SSSR count). The average Bonchev–Trinajstić information content (AvgIpc) is 1.12. The fraction of sp³-hybridized carbons (Fsp3) is 0. The van der Waals surface area contributed by atoms with Crippen molar-refractivity contribution in [2.24, 2.45) is 0 Å². The van der Waals surface area contributed by atoms with E-state index in [1.54, 1.807) is 0 Å². The van der Waals surface area contributed by atoms with Crippen LogP contribution in [0.25, 0.3) is 0 Å². The van der Waals surface area contributed by atoms with Crippen molar-refractivity contribution in [3.63, 3.8) is 0 Å². The third kappa shape index (κ3) is 228. The summed E-state index contributed by atoms with van der Waals surface area (Å²) in [5.41, 5.74) is 0. The van der Waals surface area contributed by atoms with Crippen LogP contribution in [0.2, 0.25) is 0 Å². The van der Waals surface area contributed by atoms with Crippen molar-refractivity contribution >= 4 is 20.8 Å². The van der Waals surface area contributed by atoms with Gasteiger partial charge in [0.05, 0.1) is 0 Å². The Balaban J connectivity index is -0.0000000267. The van der Waals surface area contributed by atoms with Crippen LogP contribution in [0.4, 0.5) is 0 Å².